The second-order valence-electron chi connectivity index (χ2n) is 4.46. The van der Waals surface area contributed by atoms with Gasteiger partial charge < -0.3 is 10.5 Å². The van der Waals surface area contributed by atoms with Crippen LogP contribution in [0, 0.1) is 6.92 Å². The highest BCUT2D eigenvalue weighted by atomic mass is 16.5. The first-order chi connectivity index (χ1) is 9.74. The average Bonchev–Trinajstić information content (AvgIpc) is 2.48. The summed E-state index contributed by atoms with van der Waals surface area (Å²) in [5, 5.41) is 0. The monoisotopic (exact) mass is 272 g/mol. The van der Waals surface area contributed by atoms with E-state index in [0.29, 0.717) is 6.61 Å². The first kappa shape index (κ1) is 16.2. The summed E-state index contributed by atoms with van der Waals surface area (Å²) in [7, 11) is 0. The third kappa shape index (κ3) is 5.85. The van der Waals surface area contributed by atoms with E-state index in [-0.39, 0.29) is 6.04 Å². The predicted octanol–water partition coefficient (Wildman–Crippen LogP) is 3.37. The zero-order valence-electron chi connectivity index (χ0n) is 12.5. The molecule has 0 saturated heterocycles. The molecule has 3 nitrogen and oxygen atoms in total. The number of aromatic nitrogens is 1. The molecule has 2 rings (SSSR count). The fourth-order valence-corrected chi connectivity index (χ4v) is 1.79. The van der Waals surface area contributed by atoms with Crippen LogP contribution in [0.1, 0.15) is 25.0 Å². The average molecular weight is 272 g/mol. The van der Waals surface area contributed by atoms with Gasteiger partial charge in [0, 0.05) is 12.2 Å². The summed E-state index contributed by atoms with van der Waals surface area (Å²) in [5.41, 5.74) is 8.37. The van der Waals surface area contributed by atoms with E-state index in [0.717, 1.165) is 17.7 Å². The molecule has 0 amide bonds. The van der Waals surface area contributed by atoms with Crippen LogP contribution in [0.25, 0.3) is 0 Å². The first-order valence-electron chi connectivity index (χ1n) is 7.08. The van der Waals surface area contributed by atoms with Gasteiger partial charge in [0.2, 0.25) is 0 Å². The van der Waals surface area contributed by atoms with Crippen molar-refractivity contribution in [2.75, 3.05) is 6.61 Å². The smallest absolute Gasteiger partial charge is 0.137 e. The topological polar surface area (TPSA) is 48.1 Å². The van der Waals surface area contributed by atoms with Crippen LogP contribution < -0.4 is 10.5 Å². The number of nitrogens with zero attached hydrogens (tertiary/aromatic N) is 1. The van der Waals surface area contributed by atoms with E-state index in [1.165, 1.54) is 5.56 Å². The summed E-state index contributed by atoms with van der Waals surface area (Å²) in [6.45, 7) is 6.49. The summed E-state index contributed by atoms with van der Waals surface area (Å²) >= 11 is 0. The van der Waals surface area contributed by atoms with Crippen LogP contribution >= 0.6 is 0 Å². The Kier molecular flexibility index (Phi) is 7.36. The van der Waals surface area contributed by atoms with E-state index in [9.17, 15) is 0 Å². The SMILES string of the molecule is CC.Cc1cncc(OCC(N)Cc2ccccc2)c1. The zero-order valence-corrected chi connectivity index (χ0v) is 12.5. The number of aryl methyl sites for hydroxylation is 1. The molecule has 1 heterocycles. The molecular weight excluding hydrogens is 248 g/mol. The Morgan fingerprint density at radius 3 is 2.50 bits per heavy atom. The summed E-state index contributed by atoms with van der Waals surface area (Å²) in [4.78, 5) is 4.08. The van der Waals surface area contributed by atoms with Gasteiger partial charge in [-0.05, 0) is 30.5 Å². The first-order valence-corrected chi connectivity index (χ1v) is 7.08. The Morgan fingerprint density at radius 2 is 1.85 bits per heavy atom. The van der Waals surface area contributed by atoms with Crippen LogP contribution in [0.15, 0.2) is 48.8 Å². The number of hydrogen-bond donors (Lipinski definition) is 1. The van der Waals surface area contributed by atoms with Gasteiger partial charge in [-0.15, -0.1) is 0 Å². The molecule has 1 atom stereocenters. The highest BCUT2D eigenvalue weighted by Gasteiger charge is 2.05. The number of pyridine rings is 1. The lowest BCUT2D eigenvalue weighted by atomic mass is 10.1. The quantitative estimate of drug-likeness (QED) is 0.908. The molecule has 0 radical (unpaired) electrons. The van der Waals surface area contributed by atoms with Gasteiger partial charge in [0.15, 0.2) is 0 Å². The third-order valence-corrected chi connectivity index (χ3v) is 2.65. The van der Waals surface area contributed by atoms with Gasteiger partial charge in [-0.3, -0.25) is 4.98 Å². The van der Waals surface area contributed by atoms with Crippen molar-refractivity contribution >= 4 is 0 Å². The largest absolute Gasteiger partial charge is 0.490 e. The van der Waals surface area contributed by atoms with E-state index >= 15 is 0 Å². The molecule has 0 fully saturated rings. The van der Waals surface area contributed by atoms with Gasteiger partial charge in [-0.25, -0.2) is 0 Å². The van der Waals surface area contributed by atoms with Crippen LogP contribution in [0.4, 0.5) is 0 Å². The number of ether oxygens (including phenoxy) is 1. The van der Waals surface area contributed by atoms with Crippen LogP contribution in [0.5, 0.6) is 5.75 Å². The highest BCUT2D eigenvalue weighted by Crippen LogP contribution is 2.11. The number of benzene rings is 1. The fourth-order valence-electron chi connectivity index (χ4n) is 1.79. The van der Waals surface area contributed by atoms with Gasteiger partial charge >= 0.3 is 0 Å². The van der Waals surface area contributed by atoms with Crippen LogP contribution in [-0.4, -0.2) is 17.6 Å². The van der Waals surface area contributed by atoms with Gasteiger partial charge in [-0.1, -0.05) is 44.2 Å². The second kappa shape index (κ2) is 9.10. The van der Waals surface area contributed by atoms with Crippen LogP contribution in [0.3, 0.4) is 0 Å². The standard InChI is InChI=1S/C15H18N2O.C2H6/c1-12-7-15(10-17-9-12)18-11-14(16)8-13-5-3-2-4-6-13;1-2/h2-7,9-10,14H,8,11,16H2,1H3;1-2H3. The molecule has 0 aliphatic rings. The molecular formula is C17H24N2O. The Labute approximate surface area is 121 Å². The number of rotatable bonds is 5. The molecule has 0 bridgehead atoms. The van der Waals surface area contributed by atoms with Crippen molar-refractivity contribution < 1.29 is 4.74 Å². The van der Waals surface area contributed by atoms with Crippen molar-refractivity contribution in [2.24, 2.45) is 5.73 Å². The lowest BCUT2D eigenvalue weighted by Gasteiger charge is -2.13. The lowest BCUT2D eigenvalue weighted by Crippen LogP contribution is -2.30. The molecule has 0 aliphatic heterocycles. The molecule has 1 unspecified atom stereocenters. The maximum absolute atomic E-state index is 6.05. The minimum atomic E-state index is -0.00656. The van der Waals surface area contributed by atoms with Gasteiger partial charge in [0.1, 0.15) is 12.4 Å². The minimum absolute atomic E-state index is 0.00656. The van der Waals surface area contributed by atoms with Crippen molar-refractivity contribution in [2.45, 2.75) is 33.2 Å². The number of nitrogens with two attached hydrogens (primary N) is 1. The van der Waals surface area contributed by atoms with Crippen LogP contribution in [0.2, 0.25) is 0 Å². The molecule has 1 aromatic heterocycles. The van der Waals surface area contributed by atoms with Crippen molar-refractivity contribution in [1.82, 2.24) is 4.98 Å². The van der Waals surface area contributed by atoms with E-state index in [4.69, 9.17) is 10.5 Å². The van der Waals surface area contributed by atoms with E-state index in [1.54, 1.807) is 12.4 Å². The van der Waals surface area contributed by atoms with E-state index in [1.807, 2.05) is 45.0 Å². The zero-order chi connectivity index (χ0) is 14.8. The van der Waals surface area contributed by atoms with Gasteiger partial charge in [0.25, 0.3) is 0 Å². The molecule has 0 saturated carbocycles. The van der Waals surface area contributed by atoms with E-state index < -0.39 is 0 Å². The van der Waals surface area contributed by atoms with Gasteiger partial charge in [0.05, 0.1) is 6.20 Å². The summed E-state index contributed by atoms with van der Waals surface area (Å²) in [6, 6.07) is 12.2. The second-order valence-corrected chi connectivity index (χ2v) is 4.46. The fraction of sp³-hybridized carbons (Fsp3) is 0.353. The molecule has 2 aromatic rings. The Hall–Kier alpha value is -1.87. The van der Waals surface area contributed by atoms with Crippen molar-refractivity contribution in [3.05, 3.63) is 59.9 Å². The van der Waals surface area contributed by atoms with Crippen molar-refractivity contribution in [1.29, 1.82) is 0 Å². The molecule has 2 N–H and O–H groups in total. The maximum Gasteiger partial charge on any atom is 0.137 e. The molecule has 108 valence electrons. The van der Waals surface area contributed by atoms with E-state index in [2.05, 4.69) is 17.1 Å². The Balaban J connectivity index is 0.000000956. The normalized spacial score (nSPS) is 11.2. The van der Waals surface area contributed by atoms with Crippen LogP contribution in [-0.2, 0) is 6.42 Å². The Morgan fingerprint density at radius 1 is 1.15 bits per heavy atom. The third-order valence-electron chi connectivity index (χ3n) is 2.65. The van der Waals surface area contributed by atoms with Gasteiger partial charge in [-0.2, -0.15) is 0 Å². The molecule has 3 heteroatoms. The summed E-state index contributed by atoms with van der Waals surface area (Å²) < 4.78 is 5.63. The number of hydrogen-bond acceptors (Lipinski definition) is 3. The summed E-state index contributed by atoms with van der Waals surface area (Å²) in [5.74, 6) is 0.776. The highest BCUT2D eigenvalue weighted by molar-refractivity contribution is 5.22. The van der Waals surface area contributed by atoms with Crippen molar-refractivity contribution in [3.63, 3.8) is 0 Å². The summed E-state index contributed by atoms with van der Waals surface area (Å²) in [6.07, 6.45) is 4.33. The lowest BCUT2D eigenvalue weighted by molar-refractivity contribution is 0.286. The molecule has 0 aliphatic carbocycles. The Bertz CT molecular complexity index is 485. The maximum atomic E-state index is 6.05. The predicted molar refractivity (Wildman–Crippen MR) is 83.9 cm³/mol. The minimum Gasteiger partial charge on any atom is -0.490 e. The molecule has 0 spiro atoms. The molecule has 1 aromatic carbocycles. The molecule has 20 heavy (non-hydrogen) atoms. The van der Waals surface area contributed by atoms with Crippen molar-refractivity contribution in [3.8, 4) is 5.75 Å².